The smallest absolute Gasteiger partial charge is 0.161 e. The van der Waals surface area contributed by atoms with Crippen LogP contribution in [-0.4, -0.2) is 56.6 Å². The third-order valence-corrected chi connectivity index (χ3v) is 7.75. The average molecular weight is 443 g/mol. The van der Waals surface area contributed by atoms with E-state index in [1.165, 1.54) is 0 Å². The van der Waals surface area contributed by atoms with E-state index in [-0.39, 0.29) is 42.7 Å². The van der Waals surface area contributed by atoms with Crippen LogP contribution in [-0.2, 0) is 23.7 Å². The molecule has 0 amide bonds. The molecular formula is C26H50O5. The first kappa shape index (κ1) is 27.0. The molecule has 2 aliphatic rings. The largest absolute Gasteiger partial charge is 0.379 e. The van der Waals surface area contributed by atoms with Gasteiger partial charge in [-0.2, -0.15) is 0 Å². The third kappa shape index (κ3) is 7.14. The molecule has 0 aromatic rings. The first-order valence-electron chi connectivity index (χ1n) is 13.0. The van der Waals surface area contributed by atoms with Crippen LogP contribution in [0.5, 0.6) is 0 Å². The van der Waals surface area contributed by atoms with Crippen molar-refractivity contribution < 1.29 is 23.7 Å². The minimum absolute atomic E-state index is 0.0133. The minimum atomic E-state index is -0.235. The topological polar surface area (TPSA) is 46.2 Å². The second-order valence-electron chi connectivity index (χ2n) is 9.99. The van der Waals surface area contributed by atoms with E-state index in [0.717, 1.165) is 45.3 Å². The summed E-state index contributed by atoms with van der Waals surface area (Å²) in [5.41, 5.74) is 0. The van der Waals surface area contributed by atoms with Crippen molar-refractivity contribution in [2.24, 2.45) is 23.7 Å². The van der Waals surface area contributed by atoms with E-state index in [1.54, 1.807) is 0 Å². The molecule has 0 saturated carbocycles. The molecule has 0 spiro atoms. The molecule has 0 aliphatic carbocycles. The van der Waals surface area contributed by atoms with Crippen LogP contribution in [0.2, 0.25) is 0 Å². The van der Waals surface area contributed by atoms with Crippen LogP contribution in [0.1, 0.15) is 87.5 Å². The lowest BCUT2D eigenvalue weighted by Gasteiger charge is -2.49. The van der Waals surface area contributed by atoms with Crippen LogP contribution in [0.4, 0.5) is 0 Å². The van der Waals surface area contributed by atoms with Gasteiger partial charge in [0.1, 0.15) is 12.2 Å². The highest BCUT2D eigenvalue weighted by molar-refractivity contribution is 4.93. The fraction of sp³-hybridized carbons (Fsp3) is 1.00. The zero-order valence-electron chi connectivity index (χ0n) is 21.5. The van der Waals surface area contributed by atoms with Gasteiger partial charge in [0.15, 0.2) is 6.29 Å². The van der Waals surface area contributed by atoms with Crippen molar-refractivity contribution in [3.8, 4) is 0 Å². The molecule has 31 heavy (non-hydrogen) atoms. The SMILES string of the molecule is CCCCOCC1O[C@H](C)C(C)[C@@H](OCCCC)[C@@H]1O[C@@H]1OC(CC)[C@@H](C)[C@H](C)C1C. The molecule has 0 bridgehead atoms. The normalized spacial score (nSPS) is 41.4. The van der Waals surface area contributed by atoms with Gasteiger partial charge in [0, 0.05) is 25.0 Å². The van der Waals surface area contributed by atoms with Gasteiger partial charge in [-0.3, -0.25) is 0 Å². The molecule has 2 rings (SSSR count). The highest BCUT2D eigenvalue weighted by atomic mass is 16.7. The van der Waals surface area contributed by atoms with Crippen molar-refractivity contribution in [2.45, 2.75) is 124 Å². The summed E-state index contributed by atoms with van der Waals surface area (Å²) in [5, 5.41) is 0. The van der Waals surface area contributed by atoms with Crippen molar-refractivity contribution in [3.63, 3.8) is 0 Å². The Morgan fingerprint density at radius 3 is 2.00 bits per heavy atom. The van der Waals surface area contributed by atoms with Crippen molar-refractivity contribution in [2.75, 3.05) is 19.8 Å². The van der Waals surface area contributed by atoms with Gasteiger partial charge in [-0.25, -0.2) is 0 Å². The third-order valence-electron chi connectivity index (χ3n) is 7.75. The maximum atomic E-state index is 6.77. The molecule has 10 atom stereocenters. The summed E-state index contributed by atoms with van der Waals surface area (Å²) in [7, 11) is 0. The molecular weight excluding hydrogens is 392 g/mol. The van der Waals surface area contributed by atoms with Crippen molar-refractivity contribution >= 4 is 0 Å². The molecule has 0 N–H and O–H groups in total. The van der Waals surface area contributed by atoms with Gasteiger partial charge >= 0.3 is 0 Å². The summed E-state index contributed by atoms with van der Waals surface area (Å²) >= 11 is 0. The first-order chi connectivity index (χ1) is 14.8. The maximum Gasteiger partial charge on any atom is 0.161 e. The fourth-order valence-electron chi connectivity index (χ4n) is 4.87. The van der Waals surface area contributed by atoms with Gasteiger partial charge in [0.2, 0.25) is 0 Å². The van der Waals surface area contributed by atoms with Gasteiger partial charge < -0.3 is 23.7 Å². The summed E-state index contributed by atoms with van der Waals surface area (Å²) in [6.07, 6.45) is 5.16. The Morgan fingerprint density at radius 2 is 1.35 bits per heavy atom. The standard InChI is InChI=1S/C26H50O5/c1-9-12-14-27-16-23-25(24(28-15-13-10-2)20(7)21(8)29-23)31-26-19(6)17(4)18(5)22(11-3)30-26/h17-26H,9-16H2,1-8H3/t17-,18-,19?,20?,21+,22?,23?,24+,25+,26-/m0/s1. The molecule has 2 fully saturated rings. The van der Waals surface area contributed by atoms with Crippen LogP contribution in [0.3, 0.4) is 0 Å². The Kier molecular flexibility index (Phi) is 11.8. The molecule has 2 aliphatic heterocycles. The Hall–Kier alpha value is -0.200. The second kappa shape index (κ2) is 13.5. The van der Waals surface area contributed by atoms with Crippen LogP contribution in [0.25, 0.3) is 0 Å². The van der Waals surface area contributed by atoms with Crippen molar-refractivity contribution in [3.05, 3.63) is 0 Å². The number of hydrogen-bond acceptors (Lipinski definition) is 5. The summed E-state index contributed by atoms with van der Waals surface area (Å²) < 4.78 is 32.1. The molecule has 2 saturated heterocycles. The second-order valence-corrected chi connectivity index (χ2v) is 9.99. The maximum absolute atomic E-state index is 6.77. The van der Waals surface area contributed by atoms with Crippen molar-refractivity contribution in [1.29, 1.82) is 0 Å². The van der Waals surface area contributed by atoms with E-state index in [4.69, 9.17) is 23.7 Å². The monoisotopic (exact) mass is 442 g/mol. The lowest BCUT2D eigenvalue weighted by atomic mass is 9.78. The van der Waals surface area contributed by atoms with Crippen LogP contribution in [0.15, 0.2) is 0 Å². The molecule has 184 valence electrons. The van der Waals surface area contributed by atoms with Crippen LogP contribution < -0.4 is 0 Å². The Labute approximate surface area is 191 Å². The van der Waals surface area contributed by atoms with Crippen LogP contribution >= 0.6 is 0 Å². The summed E-state index contributed by atoms with van der Waals surface area (Å²) in [4.78, 5) is 0. The number of unbranched alkanes of at least 4 members (excludes halogenated alkanes) is 2. The van der Waals surface area contributed by atoms with E-state index < -0.39 is 0 Å². The Balaban J connectivity index is 2.18. The van der Waals surface area contributed by atoms with Gasteiger partial charge in [-0.1, -0.05) is 61.3 Å². The molecule has 0 aromatic carbocycles. The van der Waals surface area contributed by atoms with Gasteiger partial charge in [0.05, 0.1) is 24.9 Å². The Bertz CT molecular complexity index is 484. The first-order valence-corrected chi connectivity index (χ1v) is 13.0. The highest BCUT2D eigenvalue weighted by Gasteiger charge is 2.47. The minimum Gasteiger partial charge on any atom is -0.379 e. The van der Waals surface area contributed by atoms with Crippen molar-refractivity contribution in [1.82, 2.24) is 0 Å². The lowest BCUT2D eigenvalue weighted by molar-refractivity contribution is -0.315. The summed E-state index contributed by atoms with van der Waals surface area (Å²) in [5.74, 6) is 1.66. The summed E-state index contributed by atoms with van der Waals surface area (Å²) in [6.45, 7) is 19.9. The number of hydrogen-bond donors (Lipinski definition) is 0. The van der Waals surface area contributed by atoms with E-state index in [9.17, 15) is 0 Å². The zero-order valence-corrected chi connectivity index (χ0v) is 21.5. The summed E-state index contributed by atoms with van der Waals surface area (Å²) in [6, 6.07) is 0. The van der Waals surface area contributed by atoms with E-state index >= 15 is 0 Å². The fourth-order valence-corrected chi connectivity index (χ4v) is 4.87. The Morgan fingerprint density at radius 1 is 0.677 bits per heavy atom. The highest BCUT2D eigenvalue weighted by Crippen LogP contribution is 2.39. The number of rotatable bonds is 12. The molecule has 0 aromatic heterocycles. The van der Waals surface area contributed by atoms with Crippen LogP contribution in [0, 0.1) is 23.7 Å². The molecule has 0 radical (unpaired) electrons. The van der Waals surface area contributed by atoms with E-state index in [0.29, 0.717) is 24.4 Å². The molecule has 5 nitrogen and oxygen atoms in total. The quantitative estimate of drug-likeness (QED) is 0.355. The van der Waals surface area contributed by atoms with E-state index in [1.807, 2.05) is 0 Å². The molecule has 4 unspecified atom stereocenters. The molecule has 2 heterocycles. The van der Waals surface area contributed by atoms with Gasteiger partial charge in [-0.05, 0) is 38.0 Å². The van der Waals surface area contributed by atoms with E-state index in [2.05, 4.69) is 55.4 Å². The number of ether oxygens (including phenoxy) is 5. The predicted molar refractivity (Wildman–Crippen MR) is 125 cm³/mol. The van der Waals surface area contributed by atoms with Gasteiger partial charge in [0.25, 0.3) is 0 Å². The zero-order chi connectivity index (χ0) is 23.0. The molecule has 5 heteroatoms. The average Bonchev–Trinajstić information content (AvgIpc) is 2.76. The lowest BCUT2D eigenvalue weighted by Crippen LogP contribution is -2.59. The van der Waals surface area contributed by atoms with Gasteiger partial charge in [-0.15, -0.1) is 0 Å². The predicted octanol–water partition coefficient (Wildman–Crippen LogP) is 5.84.